The third kappa shape index (κ3) is 13.0. The largest absolute Gasteiger partial charge is 0.0628 e. The topological polar surface area (TPSA) is 0 Å². The van der Waals surface area contributed by atoms with Crippen molar-refractivity contribution < 1.29 is 0 Å². The van der Waals surface area contributed by atoms with Gasteiger partial charge < -0.3 is 0 Å². The van der Waals surface area contributed by atoms with Gasteiger partial charge in [-0.1, -0.05) is 92.4 Å². The van der Waals surface area contributed by atoms with E-state index in [0.29, 0.717) is 0 Å². The molecule has 0 bridgehead atoms. The van der Waals surface area contributed by atoms with Gasteiger partial charge >= 0.3 is 0 Å². The average Bonchev–Trinajstić information content (AvgIpc) is 3.29. The van der Waals surface area contributed by atoms with Crippen LogP contribution < -0.4 is 0 Å². The molecule has 0 nitrogen and oxygen atoms in total. The Morgan fingerprint density at radius 1 is 0.652 bits per heavy atom. The smallest absolute Gasteiger partial charge is 0.0352 e. The van der Waals surface area contributed by atoms with Crippen LogP contribution in [0, 0.1) is 36.0 Å². The van der Waals surface area contributed by atoms with Crippen molar-refractivity contribution in [2.45, 2.75) is 112 Å². The van der Waals surface area contributed by atoms with Crippen LogP contribution >= 0.6 is 0 Å². The summed E-state index contributed by atoms with van der Waals surface area (Å²) in [5.41, 5.74) is 0. The maximum atomic E-state index is 2.59. The van der Waals surface area contributed by atoms with E-state index in [1.54, 1.807) is 0 Å². The third-order valence-electron chi connectivity index (χ3n) is 5.76. The molecule has 0 heterocycles. The summed E-state index contributed by atoms with van der Waals surface area (Å²) in [6, 6.07) is 0. The Balaban J connectivity index is 1.89. The predicted molar refractivity (Wildman–Crippen MR) is 106 cm³/mol. The second-order valence-corrected chi connectivity index (χ2v) is 9.31. The molecule has 0 amide bonds. The van der Waals surface area contributed by atoms with E-state index in [1.807, 2.05) is 0 Å². The van der Waals surface area contributed by atoms with E-state index in [9.17, 15) is 0 Å². The SMILES string of the molecule is CC(C)CCCC(C)CCCC(C)CCCC(C)C[CH]C1CC1. The van der Waals surface area contributed by atoms with Crippen molar-refractivity contribution in [2.75, 3.05) is 0 Å². The molecular weight excluding hydrogens is 276 g/mol. The van der Waals surface area contributed by atoms with Crippen LogP contribution in [-0.2, 0) is 0 Å². The Labute approximate surface area is 148 Å². The molecule has 3 atom stereocenters. The predicted octanol–water partition coefficient (Wildman–Crippen LogP) is 8.07. The number of rotatable bonds is 15. The van der Waals surface area contributed by atoms with Crippen LogP contribution in [0.3, 0.4) is 0 Å². The molecule has 0 N–H and O–H groups in total. The summed E-state index contributed by atoms with van der Waals surface area (Å²) in [6.45, 7) is 12.1. The maximum absolute atomic E-state index is 2.59. The van der Waals surface area contributed by atoms with Crippen LogP contribution in [0.4, 0.5) is 0 Å². The quantitative estimate of drug-likeness (QED) is 0.286. The highest BCUT2D eigenvalue weighted by atomic mass is 14.3. The zero-order valence-electron chi connectivity index (χ0n) is 16.9. The molecule has 0 saturated heterocycles. The highest BCUT2D eigenvalue weighted by Crippen LogP contribution is 2.34. The van der Waals surface area contributed by atoms with Gasteiger partial charge in [0.05, 0.1) is 0 Å². The van der Waals surface area contributed by atoms with Crippen LogP contribution in [0.2, 0.25) is 0 Å². The molecule has 0 heteroatoms. The lowest BCUT2D eigenvalue weighted by molar-refractivity contribution is 0.376. The first kappa shape index (κ1) is 21.0. The first-order valence-corrected chi connectivity index (χ1v) is 10.8. The summed E-state index contributed by atoms with van der Waals surface area (Å²) in [7, 11) is 0. The van der Waals surface area contributed by atoms with Crippen molar-refractivity contribution in [1.29, 1.82) is 0 Å². The molecule has 0 aromatic heterocycles. The van der Waals surface area contributed by atoms with Crippen molar-refractivity contribution in [3.63, 3.8) is 0 Å². The Morgan fingerprint density at radius 3 is 1.52 bits per heavy atom. The molecule has 0 aromatic rings. The van der Waals surface area contributed by atoms with E-state index < -0.39 is 0 Å². The van der Waals surface area contributed by atoms with Gasteiger partial charge in [-0.05, 0) is 55.3 Å². The molecule has 3 unspecified atom stereocenters. The van der Waals surface area contributed by atoms with Gasteiger partial charge in [0.15, 0.2) is 0 Å². The van der Waals surface area contributed by atoms with Gasteiger partial charge in [0.2, 0.25) is 0 Å². The fourth-order valence-corrected chi connectivity index (χ4v) is 3.67. The van der Waals surface area contributed by atoms with Crippen LogP contribution in [0.1, 0.15) is 112 Å². The van der Waals surface area contributed by atoms with E-state index in [1.165, 1.54) is 77.0 Å². The summed E-state index contributed by atoms with van der Waals surface area (Å²) in [6.07, 6.45) is 19.9. The molecule has 1 aliphatic rings. The summed E-state index contributed by atoms with van der Waals surface area (Å²) < 4.78 is 0. The lowest BCUT2D eigenvalue weighted by Crippen LogP contribution is -2.01. The summed E-state index contributed by atoms with van der Waals surface area (Å²) in [5.74, 6) is 4.69. The minimum absolute atomic E-state index is 0.881. The molecule has 1 fully saturated rings. The fraction of sp³-hybridized carbons (Fsp3) is 0.957. The van der Waals surface area contributed by atoms with Gasteiger partial charge in [-0.15, -0.1) is 0 Å². The lowest BCUT2D eigenvalue weighted by atomic mass is 9.90. The van der Waals surface area contributed by atoms with Gasteiger partial charge in [-0.25, -0.2) is 0 Å². The van der Waals surface area contributed by atoms with E-state index >= 15 is 0 Å². The normalized spacial score (nSPS) is 19.0. The Kier molecular flexibility index (Phi) is 11.3. The Hall–Kier alpha value is 0. The highest BCUT2D eigenvalue weighted by Gasteiger charge is 2.21. The second-order valence-electron chi connectivity index (χ2n) is 9.31. The Bertz CT molecular complexity index is 263. The molecule has 1 radical (unpaired) electrons. The summed E-state index contributed by atoms with van der Waals surface area (Å²) >= 11 is 0. The third-order valence-corrected chi connectivity index (χ3v) is 5.76. The van der Waals surface area contributed by atoms with Crippen molar-refractivity contribution in [3.05, 3.63) is 6.42 Å². The zero-order chi connectivity index (χ0) is 17.1. The molecule has 137 valence electrons. The molecule has 0 aliphatic heterocycles. The van der Waals surface area contributed by atoms with Crippen LogP contribution in [0.5, 0.6) is 0 Å². The lowest BCUT2D eigenvalue weighted by Gasteiger charge is -2.16. The molecule has 23 heavy (non-hydrogen) atoms. The zero-order valence-corrected chi connectivity index (χ0v) is 16.9. The van der Waals surface area contributed by atoms with Crippen molar-refractivity contribution >= 4 is 0 Å². The average molecular weight is 322 g/mol. The molecule has 0 aromatic carbocycles. The van der Waals surface area contributed by atoms with E-state index in [4.69, 9.17) is 0 Å². The molecule has 1 saturated carbocycles. The van der Waals surface area contributed by atoms with Crippen LogP contribution in [0.15, 0.2) is 0 Å². The second kappa shape index (κ2) is 12.4. The first-order valence-electron chi connectivity index (χ1n) is 10.8. The molecule has 1 aliphatic carbocycles. The summed E-state index contributed by atoms with van der Waals surface area (Å²) in [5, 5.41) is 0. The van der Waals surface area contributed by atoms with Crippen molar-refractivity contribution in [3.8, 4) is 0 Å². The van der Waals surface area contributed by atoms with Gasteiger partial charge in [0.25, 0.3) is 0 Å². The van der Waals surface area contributed by atoms with Crippen molar-refractivity contribution in [1.82, 2.24) is 0 Å². The van der Waals surface area contributed by atoms with E-state index in [0.717, 1.165) is 29.6 Å². The summed E-state index contributed by atoms with van der Waals surface area (Å²) in [4.78, 5) is 0. The van der Waals surface area contributed by atoms with Crippen LogP contribution in [-0.4, -0.2) is 0 Å². The maximum Gasteiger partial charge on any atom is -0.0352 e. The molecular formula is C23H45. The minimum Gasteiger partial charge on any atom is -0.0628 e. The fourth-order valence-electron chi connectivity index (χ4n) is 3.67. The van der Waals surface area contributed by atoms with Crippen molar-refractivity contribution in [2.24, 2.45) is 29.6 Å². The minimum atomic E-state index is 0.881. The van der Waals surface area contributed by atoms with E-state index in [-0.39, 0.29) is 0 Å². The first-order chi connectivity index (χ1) is 11.0. The van der Waals surface area contributed by atoms with E-state index in [2.05, 4.69) is 41.0 Å². The monoisotopic (exact) mass is 321 g/mol. The highest BCUT2D eigenvalue weighted by molar-refractivity contribution is 4.87. The van der Waals surface area contributed by atoms with Gasteiger partial charge in [-0.2, -0.15) is 0 Å². The number of hydrogen-bond acceptors (Lipinski definition) is 0. The van der Waals surface area contributed by atoms with Gasteiger partial charge in [0.1, 0.15) is 0 Å². The van der Waals surface area contributed by atoms with Crippen LogP contribution in [0.25, 0.3) is 0 Å². The number of hydrogen-bond donors (Lipinski definition) is 0. The molecule has 1 rings (SSSR count). The Morgan fingerprint density at radius 2 is 1.09 bits per heavy atom. The van der Waals surface area contributed by atoms with Gasteiger partial charge in [-0.3, -0.25) is 0 Å². The van der Waals surface area contributed by atoms with Gasteiger partial charge in [0, 0.05) is 0 Å². The standard InChI is InChI=1S/C23H45/c1-19(2)9-6-10-20(3)11-7-12-21(4)13-8-14-22(5)15-16-23-17-18-23/h16,19-23H,6-15,17-18H2,1-5H3. The molecule has 0 spiro atoms.